The highest BCUT2D eigenvalue weighted by Gasteiger charge is 2.11. The third-order valence-corrected chi connectivity index (χ3v) is 4.22. The summed E-state index contributed by atoms with van der Waals surface area (Å²) in [5, 5.41) is 4.16. The first kappa shape index (κ1) is 15.9. The Morgan fingerprint density at radius 1 is 1.15 bits per heavy atom. The summed E-state index contributed by atoms with van der Waals surface area (Å²) < 4.78 is 6.66. The van der Waals surface area contributed by atoms with Crippen molar-refractivity contribution in [2.24, 2.45) is 0 Å². The van der Waals surface area contributed by atoms with Crippen LogP contribution in [-0.2, 0) is 6.54 Å². The van der Waals surface area contributed by atoms with Crippen LogP contribution in [0.3, 0.4) is 0 Å². The smallest absolute Gasteiger partial charge is 0.294 e. The zero-order valence-electron chi connectivity index (χ0n) is 13.7. The van der Waals surface area contributed by atoms with Crippen LogP contribution in [0.1, 0.15) is 10.4 Å². The molecule has 0 aliphatic rings. The standard InChI is InChI=1S/C19H15N3O4/c23-16-11-14(13-3-1-2-4-15(13)21-16)18(24)20-7-9-22-8-5-12-6-10-26-17(12)19(22)25/h1-6,8,10-11H,7,9H2,(H,20,24)(H,21,23). The van der Waals surface area contributed by atoms with Gasteiger partial charge in [0.15, 0.2) is 5.58 Å². The summed E-state index contributed by atoms with van der Waals surface area (Å²) in [6, 6.07) is 11.9. The number of fused-ring (bicyclic) bond motifs is 2. The van der Waals surface area contributed by atoms with E-state index < -0.39 is 0 Å². The molecule has 0 bridgehead atoms. The fraction of sp³-hybridized carbons (Fsp3) is 0.105. The second-order valence-corrected chi connectivity index (χ2v) is 5.87. The molecular weight excluding hydrogens is 334 g/mol. The predicted octanol–water partition coefficient (Wildman–Crippen LogP) is 1.87. The van der Waals surface area contributed by atoms with Crippen LogP contribution in [0, 0.1) is 0 Å². The molecule has 3 aromatic heterocycles. The number of carbonyl (C=O) groups is 1. The Bertz CT molecular complexity index is 1230. The number of para-hydroxylation sites is 1. The molecule has 4 aromatic rings. The van der Waals surface area contributed by atoms with E-state index in [0.717, 1.165) is 5.39 Å². The number of hydrogen-bond donors (Lipinski definition) is 2. The van der Waals surface area contributed by atoms with Crippen LogP contribution < -0.4 is 16.4 Å². The second-order valence-electron chi connectivity index (χ2n) is 5.87. The van der Waals surface area contributed by atoms with Crippen molar-refractivity contribution < 1.29 is 9.21 Å². The highest BCUT2D eigenvalue weighted by molar-refractivity contribution is 6.05. The predicted molar refractivity (Wildman–Crippen MR) is 97.4 cm³/mol. The molecule has 0 saturated heterocycles. The Labute approximate surface area is 146 Å². The van der Waals surface area contributed by atoms with Crippen molar-refractivity contribution in [3.05, 3.63) is 81.2 Å². The van der Waals surface area contributed by atoms with E-state index in [9.17, 15) is 14.4 Å². The van der Waals surface area contributed by atoms with E-state index >= 15 is 0 Å². The molecule has 26 heavy (non-hydrogen) atoms. The summed E-state index contributed by atoms with van der Waals surface area (Å²) in [5.74, 6) is -0.362. The number of aromatic nitrogens is 2. The van der Waals surface area contributed by atoms with Gasteiger partial charge in [0.1, 0.15) is 0 Å². The lowest BCUT2D eigenvalue weighted by atomic mass is 10.1. The number of pyridine rings is 2. The van der Waals surface area contributed by atoms with Gasteiger partial charge in [-0.25, -0.2) is 0 Å². The fourth-order valence-corrected chi connectivity index (χ4v) is 2.95. The number of carbonyl (C=O) groups excluding carboxylic acids is 1. The Morgan fingerprint density at radius 2 is 2.00 bits per heavy atom. The van der Waals surface area contributed by atoms with Gasteiger partial charge in [0.25, 0.3) is 11.5 Å². The molecule has 1 aromatic carbocycles. The zero-order chi connectivity index (χ0) is 18.1. The van der Waals surface area contributed by atoms with Crippen molar-refractivity contribution in [2.45, 2.75) is 6.54 Å². The number of furan rings is 1. The van der Waals surface area contributed by atoms with E-state index in [1.165, 1.54) is 16.9 Å². The molecular formula is C19H15N3O4. The topological polar surface area (TPSA) is 97.1 Å². The van der Waals surface area contributed by atoms with Crippen LogP contribution in [-0.4, -0.2) is 22.0 Å². The molecule has 1 amide bonds. The van der Waals surface area contributed by atoms with E-state index in [4.69, 9.17) is 4.42 Å². The number of rotatable bonds is 4. The third kappa shape index (κ3) is 2.79. The first-order chi connectivity index (χ1) is 12.6. The molecule has 0 aliphatic carbocycles. The van der Waals surface area contributed by atoms with E-state index in [0.29, 0.717) is 28.6 Å². The highest BCUT2D eigenvalue weighted by Crippen LogP contribution is 2.14. The lowest BCUT2D eigenvalue weighted by Crippen LogP contribution is -2.31. The molecule has 7 nitrogen and oxygen atoms in total. The summed E-state index contributed by atoms with van der Waals surface area (Å²) in [5.41, 5.74) is 0.610. The Morgan fingerprint density at radius 3 is 2.88 bits per heavy atom. The van der Waals surface area contributed by atoms with Gasteiger partial charge in [-0.1, -0.05) is 18.2 Å². The maximum atomic E-state index is 12.5. The second kappa shape index (κ2) is 6.36. The number of H-pyrrole nitrogens is 1. The average molecular weight is 349 g/mol. The van der Waals surface area contributed by atoms with Crippen LogP contribution in [0.15, 0.2) is 68.9 Å². The van der Waals surface area contributed by atoms with Crippen molar-refractivity contribution in [3.8, 4) is 0 Å². The minimum atomic E-state index is -0.362. The lowest BCUT2D eigenvalue weighted by Gasteiger charge is -2.09. The molecule has 0 radical (unpaired) electrons. The Balaban J connectivity index is 1.53. The van der Waals surface area contributed by atoms with Crippen molar-refractivity contribution >= 4 is 27.8 Å². The molecule has 0 aliphatic heterocycles. The van der Waals surface area contributed by atoms with Crippen LogP contribution in [0.4, 0.5) is 0 Å². The first-order valence-corrected chi connectivity index (χ1v) is 8.10. The van der Waals surface area contributed by atoms with Crippen molar-refractivity contribution in [2.75, 3.05) is 6.54 Å². The summed E-state index contributed by atoms with van der Waals surface area (Å²) >= 11 is 0. The van der Waals surface area contributed by atoms with Gasteiger partial charge in [-0.15, -0.1) is 0 Å². The number of aromatic amines is 1. The highest BCUT2D eigenvalue weighted by atomic mass is 16.3. The first-order valence-electron chi connectivity index (χ1n) is 8.10. The number of nitrogens with one attached hydrogen (secondary N) is 2. The van der Waals surface area contributed by atoms with Gasteiger partial charge in [0.05, 0.1) is 11.8 Å². The maximum Gasteiger partial charge on any atom is 0.294 e. The SMILES string of the molecule is O=C(NCCn1ccc2ccoc2c1=O)c1cc(=O)[nH]c2ccccc12. The number of benzene rings is 1. The number of hydrogen-bond acceptors (Lipinski definition) is 4. The van der Waals surface area contributed by atoms with Crippen LogP contribution in [0.5, 0.6) is 0 Å². The van der Waals surface area contributed by atoms with Crippen LogP contribution in [0.2, 0.25) is 0 Å². The maximum absolute atomic E-state index is 12.5. The molecule has 4 rings (SSSR count). The largest absolute Gasteiger partial charge is 0.459 e. The molecule has 2 N–H and O–H groups in total. The fourth-order valence-electron chi connectivity index (χ4n) is 2.95. The van der Waals surface area contributed by atoms with Crippen LogP contribution >= 0.6 is 0 Å². The van der Waals surface area contributed by atoms with Gasteiger partial charge >= 0.3 is 0 Å². The Kier molecular flexibility index (Phi) is 3.89. The van der Waals surface area contributed by atoms with Gasteiger partial charge in [-0.3, -0.25) is 14.4 Å². The van der Waals surface area contributed by atoms with Gasteiger partial charge in [-0.2, -0.15) is 0 Å². The minimum Gasteiger partial charge on any atom is -0.459 e. The van der Waals surface area contributed by atoms with E-state index in [1.54, 1.807) is 42.6 Å². The van der Waals surface area contributed by atoms with E-state index in [2.05, 4.69) is 10.3 Å². The molecule has 0 atom stereocenters. The van der Waals surface area contributed by atoms with Gasteiger partial charge in [-0.05, 0) is 18.2 Å². The Hall–Kier alpha value is -3.61. The number of nitrogens with zero attached hydrogens (tertiary/aromatic N) is 1. The molecule has 7 heteroatoms. The lowest BCUT2D eigenvalue weighted by molar-refractivity contribution is 0.0953. The summed E-state index contributed by atoms with van der Waals surface area (Å²) in [6.45, 7) is 0.536. The molecule has 0 unspecified atom stereocenters. The van der Waals surface area contributed by atoms with E-state index in [-0.39, 0.29) is 23.6 Å². The van der Waals surface area contributed by atoms with Crippen molar-refractivity contribution in [3.63, 3.8) is 0 Å². The zero-order valence-corrected chi connectivity index (χ0v) is 13.7. The molecule has 0 fully saturated rings. The quantitative estimate of drug-likeness (QED) is 0.588. The monoisotopic (exact) mass is 349 g/mol. The molecule has 3 heterocycles. The van der Waals surface area contributed by atoms with Crippen molar-refractivity contribution in [1.29, 1.82) is 0 Å². The van der Waals surface area contributed by atoms with Gasteiger partial charge < -0.3 is 19.3 Å². The average Bonchev–Trinajstić information content (AvgIpc) is 3.12. The molecule has 0 saturated carbocycles. The molecule has 130 valence electrons. The van der Waals surface area contributed by atoms with Crippen LogP contribution in [0.25, 0.3) is 21.9 Å². The minimum absolute atomic E-state index is 0.242. The van der Waals surface area contributed by atoms with Crippen molar-refractivity contribution in [1.82, 2.24) is 14.9 Å². The summed E-state index contributed by atoms with van der Waals surface area (Å²) in [4.78, 5) is 39.2. The summed E-state index contributed by atoms with van der Waals surface area (Å²) in [7, 11) is 0. The van der Waals surface area contributed by atoms with Gasteiger partial charge in [0.2, 0.25) is 5.56 Å². The third-order valence-electron chi connectivity index (χ3n) is 4.22. The van der Waals surface area contributed by atoms with Gasteiger partial charge in [0, 0.05) is 41.6 Å². The molecule has 0 spiro atoms. The van der Waals surface area contributed by atoms with E-state index in [1.807, 2.05) is 0 Å². The summed E-state index contributed by atoms with van der Waals surface area (Å²) in [6.07, 6.45) is 3.13. The normalized spacial score (nSPS) is 11.1. The number of amides is 1.